The average Bonchev–Trinajstić information content (AvgIpc) is 2.75. The zero-order chi connectivity index (χ0) is 21.3. The molecule has 0 saturated heterocycles. The zero-order valence-electron chi connectivity index (χ0n) is 16.0. The molecule has 0 bridgehead atoms. The third-order valence-electron chi connectivity index (χ3n) is 4.17. The molecule has 0 aliphatic carbocycles. The van der Waals surface area contributed by atoms with Gasteiger partial charge >= 0.3 is 0 Å². The predicted molar refractivity (Wildman–Crippen MR) is 113 cm³/mol. The van der Waals surface area contributed by atoms with Crippen molar-refractivity contribution in [2.24, 2.45) is 0 Å². The van der Waals surface area contributed by atoms with Crippen LogP contribution in [-0.2, 0) is 11.4 Å². The second-order valence-electron chi connectivity index (χ2n) is 6.52. The smallest absolute Gasteiger partial charge is 0.244 e. The number of rotatable bonds is 8. The number of amides is 1. The molecule has 7 heteroatoms. The molecule has 0 fully saturated rings. The number of aliphatic hydroxyl groups excluding tert-OH is 1. The third kappa shape index (κ3) is 6.69. The maximum Gasteiger partial charge on any atom is 0.244 e. The highest BCUT2D eigenvalue weighted by molar-refractivity contribution is 6.30. The van der Waals surface area contributed by atoms with E-state index < -0.39 is 11.9 Å². The van der Waals surface area contributed by atoms with Gasteiger partial charge in [0.05, 0.1) is 6.10 Å². The molecule has 154 valence electrons. The van der Waals surface area contributed by atoms with Crippen molar-refractivity contribution in [2.75, 3.05) is 6.54 Å². The van der Waals surface area contributed by atoms with Crippen molar-refractivity contribution in [3.8, 4) is 5.75 Å². The van der Waals surface area contributed by atoms with Gasteiger partial charge in [0.25, 0.3) is 0 Å². The minimum Gasteiger partial charge on any atom is -0.489 e. The number of ether oxygens (including phenoxy) is 1. The van der Waals surface area contributed by atoms with E-state index in [2.05, 4.69) is 10.3 Å². The summed E-state index contributed by atoms with van der Waals surface area (Å²) >= 11 is 5.78. The third-order valence-corrected chi connectivity index (χ3v) is 4.39. The van der Waals surface area contributed by atoms with Gasteiger partial charge in [-0.25, -0.2) is 4.39 Å². The van der Waals surface area contributed by atoms with Gasteiger partial charge < -0.3 is 15.2 Å². The molecule has 1 aromatic heterocycles. The van der Waals surface area contributed by atoms with Crippen LogP contribution in [0.25, 0.3) is 6.08 Å². The number of hydrogen-bond acceptors (Lipinski definition) is 4. The number of aromatic nitrogens is 1. The minimum absolute atomic E-state index is 0.0654. The van der Waals surface area contributed by atoms with E-state index in [9.17, 15) is 14.3 Å². The van der Waals surface area contributed by atoms with Crippen LogP contribution in [0.1, 0.15) is 22.8 Å². The number of benzene rings is 2. The number of carbonyl (C=O) groups excluding carboxylic acids is 1. The van der Waals surface area contributed by atoms with Crippen molar-refractivity contribution in [3.63, 3.8) is 0 Å². The molecule has 2 N–H and O–H groups in total. The van der Waals surface area contributed by atoms with Crippen LogP contribution in [0.2, 0.25) is 5.02 Å². The van der Waals surface area contributed by atoms with Gasteiger partial charge in [-0.15, -0.1) is 0 Å². The molecule has 1 amide bonds. The quantitative estimate of drug-likeness (QED) is 0.526. The van der Waals surface area contributed by atoms with Crippen molar-refractivity contribution in [2.45, 2.75) is 12.7 Å². The molecule has 1 heterocycles. The van der Waals surface area contributed by atoms with Gasteiger partial charge in [0.2, 0.25) is 5.91 Å². The van der Waals surface area contributed by atoms with Crippen LogP contribution in [0, 0.1) is 5.82 Å². The fourth-order valence-corrected chi connectivity index (χ4v) is 2.87. The van der Waals surface area contributed by atoms with E-state index in [1.807, 2.05) is 36.4 Å². The first kappa shape index (κ1) is 21.5. The van der Waals surface area contributed by atoms with E-state index in [0.29, 0.717) is 17.9 Å². The number of carbonyl (C=O) groups is 1. The monoisotopic (exact) mass is 426 g/mol. The van der Waals surface area contributed by atoms with Crippen molar-refractivity contribution >= 4 is 23.6 Å². The van der Waals surface area contributed by atoms with Crippen molar-refractivity contribution in [3.05, 3.63) is 101 Å². The summed E-state index contributed by atoms with van der Waals surface area (Å²) in [6.07, 6.45) is 5.39. The lowest BCUT2D eigenvalue weighted by molar-refractivity contribution is -0.116. The summed E-state index contributed by atoms with van der Waals surface area (Å²) in [6.45, 7) is 0.356. The van der Waals surface area contributed by atoms with Crippen LogP contribution in [0.4, 0.5) is 4.39 Å². The molecular formula is C23H20ClFN2O3. The molecule has 0 aliphatic heterocycles. The van der Waals surface area contributed by atoms with E-state index in [1.54, 1.807) is 18.5 Å². The molecule has 30 heavy (non-hydrogen) atoms. The number of hydrogen-bond donors (Lipinski definition) is 2. The second kappa shape index (κ2) is 10.5. The van der Waals surface area contributed by atoms with Crippen LogP contribution < -0.4 is 10.1 Å². The number of nitrogens with one attached hydrogen (secondary N) is 1. The fraction of sp³-hybridized carbons (Fsp3) is 0.130. The summed E-state index contributed by atoms with van der Waals surface area (Å²) in [5.41, 5.74) is 2.09. The Bertz CT molecular complexity index is 990. The highest BCUT2D eigenvalue weighted by Crippen LogP contribution is 2.19. The molecule has 0 spiro atoms. The summed E-state index contributed by atoms with van der Waals surface area (Å²) in [4.78, 5) is 16.0. The van der Waals surface area contributed by atoms with E-state index in [4.69, 9.17) is 16.3 Å². The summed E-state index contributed by atoms with van der Waals surface area (Å²) in [5.74, 6) is -0.221. The normalized spacial score (nSPS) is 12.0. The molecule has 0 aliphatic rings. The molecule has 2 aromatic carbocycles. The van der Waals surface area contributed by atoms with Crippen LogP contribution in [-0.4, -0.2) is 22.5 Å². The molecule has 1 atom stereocenters. The number of halogens is 2. The van der Waals surface area contributed by atoms with Gasteiger partial charge in [-0.3, -0.25) is 9.78 Å². The Morgan fingerprint density at radius 3 is 2.73 bits per heavy atom. The Balaban J connectivity index is 1.47. The lowest BCUT2D eigenvalue weighted by Crippen LogP contribution is -2.26. The van der Waals surface area contributed by atoms with Gasteiger partial charge in [0.15, 0.2) is 0 Å². The largest absolute Gasteiger partial charge is 0.489 e. The maximum absolute atomic E-state index is 13.4. The van der Waals surface area contributed by atoms with Gasteiger partial charge in [0, 0.05) is 35.6 Å². The van der Waals surface area contributed by atoms with E-state index in [0.717, 1.165) is 17.2 Å². The molecule has 1 unspecified atom stereocenters. The highest BCUT2D eigenvalue weighted by Gasteiger charge is 2.10. The first-order chi connectivity index (χ1) is 14.5. The van der Waals surface area contributed by atoms with Gasteiger partial charge in [-0.05, 0) is 53.6 Å². The maximum atomic E-state index is 13.4. The first-order valence-electron chi connectivity index (χ1n) is 9.21. The minimum atomic E-state index is -1.06. The van der Waals surface area contributed by atoms with Gasteiger partial charge in [-0.1, -0.05) is 29.8 Å². The Kier molecular flexibility index (Phi) is 7.54. The van der Waals surface area contributed by atoms with E-state index in [-0.39, 0.29) is 17.5 Å². The average molecular weight is 427 g/mol. The fourth-order valence-electron chi connectivity index (χ4n) is 2.64. The van der Waals surface area contributed by atoms with Gasteiger partial charge in [0.1, 0.15) is 18.2 Å². The summed E-state index contributed by atoms with van der Waals surface area (Å²) in [5, 5.41) is 12.8. The zero-order valence-corrected chi connectivity index (χ0v) is 16.7. The number of nitrogens with zero attached hydrogens (tertiary/aromatic N) is 1. The van der Waals surface area contributed by atoms with Gasteiger partial charge in [-0.2, -0.15) is 0 Å². The second-order valence-corrected chi connectivity index (χ2v) is 6.95. The molecular weight excluding hydrogens is 407 g/mol. The van der Waals surface area contributed by atoms with Crippen LogP contribution in [0.15, 0.2) is 73.1 Å². The molecule has 0 radical (unpaired) electrons. The van der Waals surface area contributed by atoms with E-state index in [1.165, 1.54) is 18.2 Å². The SMILES string of the molecule is O=C(/C=C/c1ccc(OCc2cccnc2)cc1)NCC(O)c1cc(F)cc(Cl)c1. The number of aliphatic hydroxyl groups is 1. The first-order valence-corrected chi connectivity index (χ1v) is 9.59. The number of pyridine rings is 1. The Labute approximate surface area is 178 Å². The summed E-state index contributed by atoms with van der Waals surface area (Å²) < 4.78 is 19.0. The predicted octanol–water partition coefficient (Wildman–Crippen LogP) is 4.32. The highest BCUT2D eigenvalue weighted by atomic mass is 35.5. The standard InChI is InChI=1S/C23H20ClFN2O3/c24-19-10-18(11-20(25)12-19)22(28)14-27-23(29)8-5-16-3-6-21(7-4-16)30-15-17-2-1-9-26-13-17/h1-13,22,28H,14-15H2,(H,27,29)/b8-5+. The Hall–Kier alpha value is -3.22. The molecule has 3 aromatic rings. The summed E-state index contributed by atoms with van der Waals surface area (Å²) in [7, 11) is 0. The lowest BCUT2D eigenvalue weighted by Gasteiger charge is -2.12. The lowest BCUT2D eigenvalue weighted by atomic mass is 10.1. The topological polar surface area (TPSA) is 71.5 Å². The van der Waals surface area contributed by atoms with Crippen LogP contribution in [0.3, 0.4) is 0 Å². The van der Waals surface area contributed by atoms with E-state index >= 15 is 0 Å². The van der Waals surface area contributed by atoms with Crippen molar-refractivity contribution < 1.29 is 19.0 Å². The molecule has 0 saturated carbocycles. The Morgan fingerprint density at radius 2 is 2.03 bits per heavy atom. The Morgan fingerprint density at radius 1 is 1.23 bits per heavy atom. The summed E-state index contributed by atoms with van der Waals surface area (Å²) in [6, 6.07) is 14.8. The molecule has 5 nitrogen and oxygen atoms in total. The molecule has 3 rings (SSSR count). The van der Waals surface area contributed by atoms with Crippen molar-refractivity contribution in [1.82, 2.24) is 10.3 Å². The van der Waals surface area contributed by atoms with Crippen molar-refractivity contribution in [1.29, 1.82) is 0 Å². The van der Waals surface area contributed by atoms with Crippen LogP contribution in [0.5, 0.6) is 5.75 Å². The van der Waals surface area contributed by atoms with Crippen LogP contribution >= 0.6 is 11.6 Å².